The van der Waals surface area contributed by atoms with Crippen molar-refractivity contribution >= 4 is 11.3 Å². The Balaban J connectivity index is 1.97. The predicted molar refractivity (Wildman–Crippen MR) is 73.4 cm³/mol. The van der Waals surface area contributed by atoms with Crippen molar-refractivity contribution in [3.05, 3.63) is 40.2 Å². The molecule has 1 fully saturated rings. The summed E-state index contributed by atoms with van der Waals surface area (Å²) in [5.41, 5.74) is 3.10. The van der Waals surface area contributed by atoms with Crippen LogP contribution in [-0.4, -0.2) is 4.98 Å². The van der Waals surface area contributed by atoms with Gasteiger partial charge in [0.25, 0.3) is 0 Å². The molecule has 1 aliphatic rings. The molecule has 3 rings (SSSR count). The lowest BCUT2D eigenvalue weighted by Crippen LogP contribution is -2.32. The molecule has 2 aromatic rings. The second-order valence-electron chi connectivity index (χ2n) is 4.95. The number of aryl methyl sites for hydroxylation is 1. The van der Waals surface area contributed by atoms with Gasteiger partial charge in [0.1, 0.15) is 10.4 Å². The van der Waals surface area contributed by atoms with Gasteiger partial charge in [-0.1, -0.05) is 23.8 Å². The number of rotatable bonds is 2. The molecule has 1 aromatic heterocycles. The second-order valence-corrected chi connectivity index (χ2v) is 5.81. The van der Waals surface area contributed by atoms with E-state index < -0.39 is 0 Å². The van der Waals surface area contributed by atoms with E-state index in [1.54, 1.807) is 11.3 Å². The highest BCUT2D eigenvalue weighted by Gasteiger charge is 2.41. The molecule has 3 heteroatoms. The molecule has 0 amide bonds. The van der Waals surface area contributed by atoms with Gasteiger partial charge in [-0.2, -0.15) is 5.26 Å². The Hall–Kier alpha value is -1.66. The topological polar surface area (TPSA) is 36.7 Å². The average Bonchev–Trinajstić information content (AvgIpc) is 2.78. The number of aromatic nitrogens is 1. The first kappa shape index (κ1) is 11.4. The lowest BCUT2D eigenvalue weighted by Gasteiger charge is -2.32. The summed E-state index contributed by atoms with van der Waals surface area (Å²) >= 11 is 1.62. The van der Waals surface area contributed by atoms with Crippen molar-refractivity contribution < 1.29 is 0 Å². The van der Waals surface area contributed by atoms with Gasteiger partial charge in [0, 0.05) is 10.9 Å². The Morgan fingerprint density at radius 1 is 1.39 bits per heavy atom. The molecular weight excluding hydrogens is 240 g/mol. The smallest absolute Gasteiger partial charge is 0.114 e. The van der Waals surface area contributed by atoms with E-state index in [-0.39, 0.29) is 5.41 Å². The van der Waals surface area contributed by atoms with Crippen molar-refractivity contribution in [3.8, 4) is 17.3 Å². The van der Waals surface area contributed by atoms with E-state index in [1.165, 1.54) is 5.56 Å². The molecule has 0 N–H and O–H groups in total. The van der Waals surface area contributed by atoms with Gasteiger partial charge in [0.05, 0.1) is 11.8 Å². The monoisotopic (exact) mass is 254 g/mol. The van der Waals surface area contributed by atoms with Gasteiger partial charge in [-0.25, -0.2) is 4.98 Å². The van der Waals surface area contributed by atoms with Gasteiger partial charge in [-0.05, 0) is 32.3 Å². The van der Waals surface area contributed by atoms with Crippen LogP contribution in [0.2, 0.25) is 0 Å². The van der Waals surface area contributed by atoms with E-state index in [4.69, 9.17) is 0 Å². The van der Waals surface area contributed by atoms with Crippen LogP contribution in [0.4, 0.5) is 0 Å². The van der Waals surface area contributed by atoms with Crippen molar-refractivity contribution in [2.24, 2.45) is 0 Å². The number of nitrogens with zero attached hydrogens (tertiary/aromatic N) is 2. The van der Waals surface area contributed by atoms with Crippen LogP contribution in [0.3, 0.4) is 0 Å². The normalized spacial score (nSPS) is 16.9. The average molecular weight is 254 g/mol. The van der Waals surface area contributed by atoms with Crippen LogP contribution in [0.25, 0.3) is 11.3 Å². The lowest BCUT2D eigenvalue weighted by molar-refractivity contribution is 0.323. The van der Waals surface area contributed by atoms with Gasteiger partial charge in [-0.15, -0.1) is 11.3 Å². The summed E-state index contributed by atoms with van der Waals surface area (Å²) in [5.74, 6) is 0. The molecule has 0 bridgehead atoms. The number of hydrogen-bond donors (Lipinski definition) is 0. The van der Waals surface area contributed by atoms with Crippen molar-refractivity contribution in [2.45, 2.75) is 31.6 Å². The minimum absolute atomic E-state index is 0.285. The lowest BCUT2D eigenvalue weighted by atomic mass is 9.70. The Morgan fingerprint density at radius 2 is 2.22 bits per heavy atom. The fourth-order valence-corrected chi connectivity index (χ4v) is 3.37. The summed E-state index contributed by atoms with van der Waals surface area (Å²) in [4.78, 5) is 4.68. The van der Waals surface area contributed by atoms with E-state index in [0.29, 0.717) is 0 Å². The molecule has 0 unspecified atom stereocenters. The maximum atomic E-state index is 9.33. The zero-order valence-electron chi connectivity index (χ0n) is 10.3. The fraction of sp³-hybridized carbons (Fsp3) is 0.333. The molecule has 18 heavy (non-hydrogen) atoms. The maximum Gasteiger partial charge on any atom is 0.114 e. The van der Waals surface area contributed by atoms with Crippen LogP contribution in [0.5, 0.6) is 0 Å². The number of thiazole rings is 1. The summed E-state index contributed by atoms with van der Waals surface area (Å²) in [6.07, 6.45) is 3.07. The third kappa shape index (κ3) is 1.74. The van der Waals surface area contributed by atoms with E-state index in [9.17, 15) is 5.26 Å². The molecule has 0 saturated heterocycles. The van der Waals surface area contributed by atoms with E-state index in [2.05, 4.69) is 41.6 Å². The zero-order chi connectivity index (χ0) is 12.6. The molecule has 0 radical (unpaired) electrons. The molecule has 0 aliphatic heterocycles. The minimum atomic E-state index is -0.285. The summed E-state index contributed by atoms with van der Waals surface area (Å²) in [6, 6.07) is 10.8. The Labute approximate surface area is 111 Å². The number of benzene rings is 1. The van der Waals surface area contributed by atoms with E-state index in [0.717, 1.165) is 35.5 Å². The van der Waals surface area contributed by atoms with Crippen molar-refractivity contribution in [1.29, 1.82) is 5.26 Å². The van der Waals surface area contributed by atoms with Crippen LogP contribution in [0.1, 0.15) is 29.8 Å². The highest BCUT2D eigenvalue weighted by molar-refractivity contribution is 7.10. The van der Waals surface area contributed by atoms with Gasteiger partial charge in [-0.3, -0.25) is 0 Å². The minimum Gasteiger partial charge on any atom is -0.240 e. The number of nitriles is 1. The fourth-order valence-electron chi connectivity index (χ4n) is 2.33. The molecule has 0 spiro atoms. The van der Waals surface area contributed by atoms with E-state index >= 15 is 0 Å². The highest BCUT2D eigenvalue weighted by atomic mass is 32.1. The zero-order valence-corrected chi connectivity index (χ0v) is 11.1. The molecular formula is C15H14N2S. The van der Waals surface area contributed by atoms with Crippen molar-refractivity contribution in [2.75, 3.05) is 0 Å². The summed E-state index contributed by atoms with van der Waals surface area (Å²) in [5, 5.41) is 12.4. The highest BCUT2D eigenvalue weighted by Crippen LogP contribution is 2.45. The molecule has 1 saturated carbocycles. The summed E-state index contributed by atoms with van der Waals surface area (Å²) in [7, 11) is 0. The Morgan fingerprint density at radius 3 is 2.83 bits per heavy atom. The Bertz CT molecular complexity index is 617. The quantitative estimate of drug-likeness (QED) is 0.810. The molecule has 1 heterocycles. The van der Waals surface area contributed by atoms with Gasteiger partial charge in [0.2, 0.25) is 0 Å². The molecule has 2 nitrogen and oxygen atoms in total. The van der Waals surface area contributed by atoms with Crippen LogP contribution >= 0.6 is 11.3 Å². The van der Waals surface area contributed by atoms with Crippen LogP contribution < -0.4 is 0 Å². The van der Waals surface area contributed by atoms with Crippen molar-refractivity contribution in [1.82, 2.24) is 4.98 Å². The van der Waals surface area contributed by atoms with Crippen LogP contribution in [0, 0.1) is 18.3 Å². The van der Waals surface area contributed by atoms with Crippen LogP contribution in [0.15, 0.2) is 29.6 Å². The Kier molecular flexibility index (Phi) is 2.68. The molecule has 1 aromatic carbocycles. The first-order chi connectivity index (χ1) is 8.73. The van der Waals surface area contributed by atoms with Crippen LogP contribution in [-0.2, 0) is 5.41 Å². The standard InChI is InChI=1S/C15H14N2S/c1-11-4-2-5-12(8-11)13-9-18-14(17-13)15(10-16)6-3-7-15/h2,4-5,8-9H,3,6-7H2,1H3. The van der Waals surface area contributed by atoms with E-state index in [1.807, 2.05) is 6.07 Å². The van der Waals surface area contributed by atoms with Gasteiger partial charge < -0.3 is 0 Å². The SMILES string of the molecule is Cc1cccc(-c2csc(C3(C#N)CCC3)n2)c1. The summed E-state index contributed by atoms with van der Waals surface area (Å²) in [6.45, 7) is 2.08. The third-order valence-corrected chi connectivity index (χ3v) is 4.69. The second kappa shape index (κ2) is 4.22. The summed E-state index contributed by atoms with van der Waals surface area (Å²) < 4.78 is 0. The predicted octanol–water partition coefficient (Wildman–Crippen LogP) is 4.06. The third-order valence-electron chi connectivity index (χ3n) is 3.65. The van der Waals surface area contributed by atoms with Gasteiger partial charge in [0.15, 0.2) is 0 Å². The molecule has 90 valence electrons. The number of hydrogen-bond acceptors (Lipinski definition) is 3. The van der Waals surface area contributed by atoms with Crippen molar-refractivity contribution in [3.63, 3.8) is 0 Å². The largest absolute Gasteiger partial charge is 0.240 e. The first-order valence-electron chi connectivity index (χ1n) is 6.18. The first-order valence-corrected chi connectivity index (χ1v) is 7.06. The molecule has 1 aliphatic carbocycles. The maximum absolute atomic E-state index is 9.33. The molecule has 0 atom stereocenters. The van der Waals surface area contributed by atoms with Gasteiger partial charge >= 0.3 is 0 Å².